The second kappa shape index (κ2) is 6.83. The topological polar surface area (TPSA) is 47.4 Å². The van der Waals surface area contributed by atoms with Gasteiger partial charge in [-0.15, -0.1) is 11.3 Å². The van der Waals surface area contributed by atoms with Gasteiger partial charge in [0.15, 0.2) is 0 Å². The maximum Gasteiger partial charge on any atom is 0.227 e. The van der Waals surface area contributed by atoms with Crippen LogP contribution in [0.5, 0.6) is 0 Å². The zero-order valence-corrected chi connectivity index (χ0v) is 16.1. The van der Waals surface area contributed by atoms with Crippen LogP contribution in [0.4, 0.5) is 4.39 Å². The van der Waals surface area contributed by atoms with Crippen molar-refractivity contribution in [2.45, 2.75) is 31.6 Å². The number of imidazole rings is 1. The smallest absolute Gasteiger partial charge is 0.227 e. The van der Waals surface area contributed by atoms with Gasteiger partial charge in [-0.25, -0.2) is 9.37 Å². The van der Waals surface area contributed by atoms with E-state index >= 15 is 0 Å². The highest BCUT2D eigenvalue weighted by atomic mass is 32.1. The molecule has 3 aromatic rings. The molecule has 5 rings (SSSR count). The fourth-order valence-corrected chi connectivity index (χ4v) is 4.81. The molecule has 1 amide bonds. The summed E-state index contributed by atoms with van der Waals surface area (Å²) in [5.74, 6) is 0.721. The molecule has 28 heavy (non-hydrogen) atoms. The van der Waals surface area contributed by atoms with Crippen molar-refractivity contribution in [1.82, 2.24) is 14.5 Å². The molecule has 7 heteroatoms. The molecule has 0 bridgehead atoms. The van der Waals surface area contributed by atoms with Crippen LogP contribution in [0.25, 0.3) is 11.3 Å². The summed E-state index contributed by atoms with van der Waals surface area (Å²) in [6.45, 7) is 2.31. The molecule has 144 valence electrons. The number of carbonyl (C=O) groups excluding carboxylic acids is 1. The zero-order valence-electron chi connectivity index (χ0n) is 15.3. The van der Waals surface area contributed by atoms with Crippen LogP contribution in [0.2, 0.25) is 0 Å². The summed E-state index contributed by atoms with van der Waals surface area (Å²) in [5.41, 5.74) is 1.29. The van der Waals surface area contributed by atoms with Gasteiger partial charge in [0.05, 0.1) is 31.4 Å². The van der Waals surface area contributed by atoms with Gasteiger partial charge in [-0.1, -0.05) is 18.2 Å². The lowest BCUT2D eigenvalue weighted by Crippen LogP contribution is -2.45. The van der Waals surface area contributed by atoms with Crippen molar-refractivity contribution in [3.05, 3.63) is 64.5 Å². The van der Waals surface area contributed by atoms with Crippen LogP contribution in [0, 0.1) is 5.82 Å². The number of nitrogens with zero attached hydrogens (tertiary/aromatic N) is 3. The lowest BCUT2D eigenvalue weighted by atomic mass is 10.0. The van der Waals surface area contributed by atoms with Gasteiger partial charge in [0.1, 0.15) is 23.8 Å². The maximum atomic E-state index is 13.7. The van der Waals surface area contributed by atoms with Crippen molar-refractivity contribution in [3.63, 3.8) is 0 Å². The van der Waals surface area contributed by atoms with Gasteiger partial charge < -0.3 is 14.2 Å². The number of halogens is 1. The molecule has 5 nitrogen and oxygen atoms in total. The first-order valence-electron chi connectivity index (χ1n) is 9.36. The summed E-state index contributed by atoms with van der Waals surface area (Å²) in [6.07, 6.45) is 3.02. The van der Waals surface area contributed by atoms with Gasteiger partial charge in [-0.3, -0.25) is 4.79 Å². The van der Waals surface area contributed by atoms with Crippen LogP contribution in [0.3, 0.4) is 0 Å². The average Bonchev–Trinajstić information content (AvgIpc) is 3.42. The van der Waals surface area contributed by atoms with E-state index in [4.69, 9.17) is 4.74 Å². The number of ether oxygens (including phenoxy) is 1. The van der Waals surface area contributed by atoms with E-state index in [0.717, 1.165) is 28.4 Å². The Balaban J connectivity index is 1.36. The number of benzene rings is 1. The number of thiophene rings is 1. The summed E-state index contributed by atoms with van der Waals surface area (Å²) >= 11 is 1.61. The summed E-state index contributed by atoms with van der Waals surface area (Å²) in [6, 6.07) is 10.5. The minimum Gasteiger partial charge on any atom is -0.363 e. The van der Waals surface area contributed by atoms with Crippen molar-refractivity contribution < 1.29 is 13.9 Å². The zero-order chi connectivity index (χ0) is 19.1. The number of likely N-dealkylation sites (tertiary alicyclic amines) is 1. The molecule has 1 fully saturated rings. The maximum absolute atomic E-state index is 13.7. The molecule has 1 spiro atoms. The van der Waals surface area contributed by atoms with Gasteiger partial charge in [0.2, 0.25) is 5.91 Å². The molecule has 0 unspecified atom stereocenters. The monoisotopic (exact) mass is 397 g/mol. The Kier molecular flexibility index (Phi) is 4.29. The molecule has 2 aromatic heterocycles. The summed E-state index contributed by atoms with van der Waals surface area (Å²) in [4.78, 5) is 20.1. The predicted molar refractivity (Wildman–Crippen MR) is 104 cm³/mol. The molecule has 0 N–H and O–H groups in total. The minimum atomic E-state index is -0.402. The molecule has 1 aromatic carbocycles. The second-order valence-corrected chi connectivity index (χ2v) is 8.48. The van der Waals surface area contributed by atoms with Crippen LogP contribution in [-0.4, -0.2) is 39.0 Å². The van der Waals surface area contributed by atoms with E-state index in [9.17, 15) is 9.18 Å². The Bertz CT molecular complexity index is 1020. The van der Waals surface area contributed by atoms with Gasteiger partial charge in [0.25, 0.3) is 0 Å². The summed E-state index contributed by atoms with van der Waals surface area (Å²) in [7, 11) is 0. The fraction of sp³-hybridized carbons (Fsp3) is 0.333. The summed E-state index contributed by atoms with van der Waals surface area (Å²) < 4.78 is 22.0. The van der Waals surface area contributed by atoms with Crippen molar-refractivity contribution in [2.75, 3.05) is 13.1 Å². The highest BCUT2D eigenvalue weighted by molar-refractivity contribution is 7.10. The van der Waals surface area contributed by atoms with E-state index in [2.05, 4.69) is 9.55 Å². The molecule has 4 heterocycles. The average molecular weight is 397 g/mol. The van der Waals surface area contributed by atoms with Gasteiger partial charge in [-0.2, -0.15) is 0 Å². The number of rotatable bonds is 3. The van der Waals surface area contributed by atoms with Gasteiger partial charge >= 0.3 is 0 Å². The molecule has 2 aliphatic rings. The first kappa shape index (κ1) is 17.6. The Morgan fingerprint density at radius 1 is 1.29 bits per heavy atom. The first-order chi connectivity index (χ1) is 13.6. The van der Waals surface area contributed by atoms with E-state index in [-0.39, 0.29) is 11.7 Å². The van der Waals surface area contributed by atoms with Crippen LogP contribution in [-0.2, 0) is 29.1 Å². The molecule has 2 aliphatic heterocycles. The third-order valence-electron chi connectivity index (χ3n) is 5.59. The van der Waals surface area contributed by atoms with Gasteiger partial charge in [-0.05, 0) is 30.0 Å². The number of aromatic nitrogens is 2. The highest BCUT2D eigenvalue weighted by Crippen LogP contribution is 2.35. The quantitative estimate of drug-likeness (QED) is 0.680. The fourth-order valence-electron chi connectivity index (χ4n) is 4.11. The van der Waals surface area contributed by atoms with Crippen LogP contribution < -0.4 is 0 Å². The standard InChI is InChI=1S/C21H20FN3O2S/c22-16-4-1-3-15(9-16)18-11-23-19-12-27-21(14-25(18)19)6-7-24(13-21)20(26)10-17-5-2-8-28-17/h1-5,8-9,11H,6-7,10,12-14H2/t21-/m0/s1. The molecule has 1 atom stereocenters. The summed E-state index contributed by atoms with van der Waals surface area (Å²) in [5, 5.41) is 1.99. The normalized spacial score (nSPS) is 21.2. The van der Waals surface area contributed by atoms with Crippen LogP contribution >= 0.6 is 11.3 Å². The third kappa shape index (κ3) is 3.14. The second-order valence-electron chi connectivity index (χ2n) is 7.45. The van der Waals surface area contributed by atoms with Crippen molar-refractivity contribution in [2.24, 2.45) is 0 Å². The molecular weight excluding hydrogens is 377 g/mol. The molecule has 0 radical (unpaired) electrons. The number of fused-ring (bicyclic) bond motifs is 1. The number of hydrogen-bond donors (Lipinski definition) is 0. The number of hydrogen-bond acceptors (Lipinski definition) is 4. The van der Waals surface area contributed by atoms with E-state index < -0.39 is 5.60 Å². The molecule has 0 aliphatic carbocycles. The van der Waals surface area contributed by atoms with Crippen LogP contribution in [0.15, 0.2) is 48.0 Å². The van der Waals surface area contributed by atoms with E-state index in [1.165, 1.54) is 12.1 Å². The molecule has 0 saturated carbocycles. The first-order valence-corrected chi connectivity index (χ1v) is 10.2. The molecule has 1 saturated heterocycles. The van der Waals surface area contributed by atoms with Crippen molar-refractivity contribution in [1.29, 1.82) is 0 Å². The van der Waals surface area contributed by atoms with Gasteiger partial charge in [0, 0.05) is 17.0 Å². The Morgan fingerprint density at radius 2 is 2.21 bits per heavy atom. The van der Waals surface area contributed by atoms with Crippen molar-refractivity contribution >= 4 is 17.2 Å². The van der Waals surface area contributed by atoms with E-state index in [1.807, 2.05) is 28.5 Å². The Hall–Kier alpha value is -2.51. The highest BCUT2D eigenvalue weighted by Gasteiger charge is 2.44. The number of amides is 1. The Labute approximate surface area is 166 Å². The largest absolute Gasteiger partial charge is 0.363 e. The van der Waals surface area contributed by atoms with E-state index in [1.54, 1.807) is 23.6 Å². The Morgan fingerprint density at radius 3 is 3.04 bits per heavy atom. The predicted octanol–water partition coefficient (Wildman–Crippen LogP) is 3.49. The minimum absolute atomic E-state index is 0.143. The lowest BCUT2D eigenvalue weighted by Gasteiger charge is -2.35. The SMILES string of the molecule is O=C(Cc1cccs1)N1CC[C@]2(C1)Cn1c(-c3cccc(F)c3)cnc1CO2. The molecular formula is C21H20FN3O2S. The van der Waals surface area contributed by atoms with Crippen LogP contribution in [0.1, 0.15) is 17.1 Å². The van der Waals surface area contributed by atoms with E-state index in [0.29, 0.717) is 32.7 Å². The third-order valence-corrected chi connectivity index (χ3v) is 6.46. The lowest BCUT2D eigenvalue weighted by molar-refractivity contribution is -0.132. The number of carbonyl (C=O) groups is 1. The van der Waals surface area contributed by atoms with Crippen molar-refractivity contribution in [3.8, 4) is 11.3 Å².